The summed E-state index contributed by atoms with van der Waals surface area (Å²) in [5, 5.41) is 0. The lowest BCUT2D eigenvalue weighted by molar-refractivity contribution is -0.151. The van der Waals surface area contributed by atoms with Gasteiger partial charge in [-0.15, -0.1) is 0 Å². The van der Waals surface area contributed by atoms with E-state index in [9.17, 15) is 9.59 Å². The molecular formula is C17H26O3. The van der Waals surface area contributed by atoms with Crippen molar-refractivity contribution in [2.45, 2.75) is 65.4 Å². The lowest BCUT2D eigenvalue weighted by Gasteiger charge is -2.36. The number of allylic oxidation sites excluding steroid dienone is 1. The van der Waals surface area contributed by atoms with Gasteiger partial charge in [-0.2, -0.15) is 0 Å². The fraction of sp³-hybridized carbons (Fsp3) is 0.765. The molecule has 0 aromatic rings. The maximum Gasteiger partial charge on any atom is 0.334 e. The molecule has 0 bridgehead atoms. The van der Waals surface area contributed by atoms with Gasteiger partial charge in [-0.05, 0) is 49.5 Å². The summed E-state index contributed by atoms with van der Waals surface area (Å²) in [6.45, 7) is 6.62. The van der Waals surface area contributed by atoms with E-state index in [1.54, 1.807) is 0 Å². The fourth-order valence-corrected chi connectivity index (χ4v) is 3.42. The van der Waals surface area contributed by atoms with Crippen LogP contribution in [0.2, 0.25) is 0 Å². The summed E-state index contributed by atoms with van der Waals surface area (Å²) >= 11 is 0. The topological polar surface area (TPSA) is 43.4 Å². The van der Waals surface area contributed by atoms with Gasteiger partial charge in [-0.1, -0.05) is 27.2 Å². The summed E-state index contributed by atoms with van der Waals surface area (Å²) < 4.78 is 5.76. The quantitative estimate of drug-likeness (QED) is 0.740. The van der Waals surface area contributed by atoms with Crippen LogP contribution in [-0.2, 0) is 14.3 Å². The zero-order chi connectivity index (χ0) is 14.7. The molecule has 0 saturated heterocycles. The summed E-state index contributed by atoms with van der Waals surface area (Å²) in [5.41, 5.74) is 0.571. The molecular weight excluding hydrogens is 252 g/mol. The largest absolute Gasteiger partial charge is 0.459 e. The Hall–Kier alpha value is -1.12. The van der Waals surface area contributed by atoms with Crippen molar-refractivity contribution in [3.8, 4) is 0 Å². The van der Waals surface area contributed by atoms with Crippen molar-refractivity contribution < 1.29 is 14.3 Å². The molecule has 2 rings (SSSR count). The fourth-order valence-electron chi connectivity index (χ4n) is 3.42. The number of hydrogen-bond donors (Lipinski definition) is 0. The Labute approximate surface area is 121 Å². The Kier molecular flexibility index (Phi) is 5.00. The van der Waals surface area contributed by atoms with Gasteiger partial charge in [0.2, 0.25) is 0 Å². The van der Waals surface area contributed by atoms with Crippen molar-refractivity contribution in [3.05, 3.63) is 11.6 Å². The first kappa shape index (κ1) is 15.3. The first-order valence-electron chi connectivity index (χ1n) is 7.91. The minimum atomic E-state index is -0.261. The predicted molar refractivity (Wildman–Crippen MR) is 78.2 cm³/mol. The maximum absolute atomic E-state index is 12.2. The molecule has 1 saturated carbocycles. The van der Waals surface area contributed by atoms with Crippen molar-refractivity contribution in [2.24, 2.45) is 17.8 Å². The molecule has 20 heavy (non-hydrogen) atoms. The monoisotopic (exact) mass is 278 g/mol. The molecule has 0 amide bonds. The van der Waals surface area contributed by atoms with Crippen LogP contribution in [0.5, 0.6) is 0 Å². The third kappa shape index (κ3) is 3.71. The Bertz CT molecular complexity index is 408. The average molecular weight is 278 g/mol. The van der Waals surface area contributed by atoms with E-state index >= 15 is 0 Å². The molecule has 0 radical (unpaired) electrons. The number of rotatable bonds is 3. The van der Waals surface area contributed by atoms with Crippen molar-refractivity contribution in [1.82, 2.24) is 0 Å². The van der Waals surface area contributed by atoms with Crippen LogP contribution in [0.25, 0.3) is 0 Å². The van der Waals surface area contributed by atoms with Gasteiger partial charge in [-0.25, -0.2) is 4.79 Å². The molecule has 0 N–H and O–H groups in total. The van der Waals surface area contributed by atoms with Gasteiger partial charge >= 0.3 is 5.97 Å². The molecule has 1 fully saturated rings. The predicted octanol–water partition coefficient (Wildman–Crippen LogP) is 3.67. The van der Waals surface area contributed by atoms with Crippen LogP contribution >= 0.6 is 0 Å². The molecule has 112 valence electrons. The maximum atomic E-state index is 12.2. The molecule has 0 heterocycles. The molecule has 0 aromatic heterocycles. The zero-order valence-corrected chi connectivity index (χ0v) is 12.9. The molecule has 3 heteroatoms. The van der Waals surface area contributed by atoms with Crippen molar-refractivity contribution in [1.29, 1.82) is 0 Å². The molecule has 3 nitrogen and oxygen atoms in total. The summed E-state index contributed by atoms with van der Waals surface area (Å²) in [5.74, 6) is 1.39. The lowest BCUT2D eigenvalue weighted by Crippen LogP contribution is -2.36. The Morgan fingerprint density at radius 1 is 1.30 bits per heavy atom. The number of carbonyl (C=O) groups excluding carboxylic acids is 2. The number of carbonyl (C=O) groups is 2. The van der Waals surface area contributed by atoms with Gasteiger partial charge < -0.3 is 4.74 Å². The van der Waals surface area contributed by atoms with Crippen LogP contribution < -0.4 is 0 Å². The summed E-state index contributed by atoms with van der Waals surface area (Å²) in [6.07, 6.45) is 6.83. The molecule has 3 atom stereocenters. The number of ether oxygens (including phenoxy) is 1. The smallest absolute Gasteiger partial charge is 0.334 e. The van der Waals surface area contributed by atoms with E-state index in [-0.39, 0.29) is 17.9 Å². The molecule has 0 unspecified atom stereocenters. The molecule has 2 aliphatic rings. The minimum absolute atomic E-state index is 0.0178. The zero-order valence-electron chi connectivity index (χ0n) is 12.9. The first-order chi connectivity index (χ1) is 9.47. The minimum Gasteiger partial charge on any atom is -0.459 e. The van der Waals surface area contributed by atoms with E-state index in [2.05, 4.69) is 20.8 Å². The summed E-state index contributed by atoms with van der Waals surface area (Å²) in [6, 6.07) is 0. The second-order valence-electron chi connectivity index (χ2n) is 6.76. The van der Waals surface area contributed by atoms with E-state index in [1.165, 1.54) is 12.5 Å². The second kappa shape index (κ2) is 6.55. The molecule has 2 aliphatic carbocycles. The van der Waals surface area contributed by atoms with E-state index in [0.717, 1.165) is 19.3 Å². The molecule has 0 spiro atoms. The Balaban J connectivity index is 2.02. The van der Waals surface area contributed by atoms with E-state index in [1.807, 2.05) is 0 Å². The molecule has 0 aliphatic heterocycles. The highest BCUT2D eigenvalue weighted by Crippen LogP contribution is 2.36. The SMILES string of the molecule is CC(C)[C@@H]1CC[C@@H](C)C[C@H]1OC(=O)C1=CC(=O)CCC1. The summed E-state index contributed by atoms with van der Waals surface area (Å²) in [7, 11) is 0. The van der Waals surface area contributed by atoms with Gasteiger partial charge in [0.1, 0.15) is 6.10 Å². The second-order valence-corrected chi connectivity index (χ2v) is 6.76. The van der Waals surface area contributed by atoms with E-state index < -0.39 is 0 Å². The van der Waals surface area contributed by atoms with E-state index in [0.29, 0.717) is 36.2 Å². The van der Waals surface area contributed by atoms with Crippen LogP contribution in [0.4, 0.5) is 0 Å². The standard InChI is InChI=1S/C17H26O3/c1-11(2)15-8-7-12(3)9-16(15)20-17(19)13-5-4-6-14(18)10-13/h10-12,15-16H,4-9H2,1-3H3/t12-,15+,16-/m1/s1. The van der Waals surface area contributed by atoms with Crippen molar-refractivity contribution >= 4 is 11.8 Å². The van der Waals surface area contributed by atoms with Crippen LogP contribution in [0.1, 0.15) is 59.3 Å². The number of ketones is 1. The van der Waals surface area contributed by atoms with Crippen LogP contribution in [0.15, 0.2) is 11.6 Å². The molecule has 0 aromatic carbocycles. The third-order valence-corrected chi connectivity index (χ3v) is 4.69. The highest BCUT2D eigenvalue weighted by Gasteiger charge is 2.34. The lowest BCUT2D eigenvalue weighted by atomic mass is 9.75. The van der Waals surface area contributed by atoms with E-state index in [4.69, 9.17) is 4.74 Å². The van der Waals surface area contributed by atoms with Gasteiger partial charge in [0, 0.05) is 12.0 Å². The average Bonchev–Trinajstić information content (AvgIpc) is 2.38. The first-order valence-corrected chi connectivity index (χ1v) is 7.91. The normalized spacial score (nSPS) is 31.1. The van der Waals surface area contributed by atoms with Crippen molar-refractivity contribution in [2.75, 3.05) is 0 Å². The Morgan fingerprint density at radius 3 is 2.70 bits per heavy atom. The van der Waals surface area contributed by atoms with Gasteiger partial charge in [0.05, 0.1) is 0 Å². The van der Waals surface area contributed by atoms with Crippen LogP contribution in [-0.4, -0.2) is 17.9 Å². The number of hydrogen-bond acceptors (Lipinski definition) is 3. The highest BCUT2D eigenvalue weighted by molar-refractivity contribution is 6.00. The van der Waals surface area contributed by atoms with Gasteiger partial charge in [0.15, 0.2) is 5.78 Å². The van der Waals surface area contributed by atoms with Crippen molar-refractivity contribution in [3.63, 3.8) is 0 Å². The highest BCUT2D eigenvalue weighted by atomic mass is 16.5. The van der Waals surface area contributed by atoms with Gasteiger partial charge in [-0.3, -0.25) is 4.79 Å². The third-order valence-electron chi connectivity index (χ3n) is 4.69. The van der Waals surface area contributed by atoms with Gasteiger partial charge in [0.25, 0.3) is 0 Å². The number of esters is 1. The van der Waals surface area contributed by atoms with Crippen LogP contribution in [0, 0.1) is 17.8 Å². The van der Waals surface area contributed by atoms with Crippen LogP contribution in [0.3, 0.4) is 0 Å². The Morgan fingerprint density at radius 2 is 2.05 bits per heavy atom. The summed E-state index contributed by atoms with van der Waals surface area (Å²) in [4.78, 5) is 23.7.